The van der Waals surface area contributed by atoms with Crippen LogP contribution in [0.3, 0.4) is 0 Å². The van der Waals surface area contributed by atoms with Crippen LogP contribution in [0.15, 0.2) is 40.8 Å². The number of allylic oxidation sites excluding steroid dienone is 1. The summed E-state index contributed by atoms with van der Waals surface area (Å²) in [6.45, 7) is 7.05. The smallest absolute Gasteiger partial charge is 0.246 e. The third-order valence-corrected chi connectivity index (χ3v) is 4.95. The third kappa shape index (κ3) is 4.49. The number of benzene rings is 1. The first-order chi connectivity index (χ1) is 9.26. The number of amides is 1. The Labute approximate surface area is 120 Å². The lowest BCUT2D eigenvalue weighted by molar-refractivity contribution is -0.117. The number of carbonyl (C=O) groups excluding carboxylic acids is 1. The molecular weight excluding hydrogens is 274 g/mol. The quantitative estimate of drug-likeness (QED) is 0.847. The van der Waals surface area contributed by atoms with Gasteiger partial charge in [-0.25, -0.2) is 8.42 Å². The molecule has 0 saturated heterocycles. The van der Waals surface area contributed by atoms with Gasteiger partial charge in [0.1, 0.15) is 0 Å². The standard InChI is InChI=1S/C15H21NO3S/c1-5-12(3)15(17)16-13(4)10-20(18,19)14-8-6-11(2)7-9-14/h5-9,13H,10H2,1-4H3,(H,16,17)/b12-5+/t13-/m1/s1. The maximum Gasteiger partial charge on any atom is 0.246 e. The van der Waals surface area contributed by atoms with Crippen molar-refractivity contribution in [3.63, 3.8) is 0 Å². The fourth-order valence-electron chi connectivity index (χ4n) is 1.68. The minimum absolute atomic E-state index is 0.112. The van der Waals surface area contributed by atoms with Crippen molar-refractivity contribution in [1.82, 2.24) is 5.32 Å². The predicted molar refractivity (Wildman–Crippen MR) is 80.3 cm³/mol. The van der Waals surface area contributed by atoms with Crippen LogP contribution < -0.4 is 5.32 Å². The average molecular weight is 295 g/mol. The zero-order valence-electron chi connectivity index (χ0n) is 12.3. The first-order valence-corrected chi connectivity index (χ1v) is 8.14. The highest BCUT2D eigenvalue weighted by Crippen LogP contribution is 2.13. The molecule has 0 unspecified atom stereocenters. The van der Waals surface area contributed by atoms with E-state index < -0.39 is 15.9 Å². The summed E-state index contributed by atoms with van der Waals surface area (Å²) in [6, 6.07) is 6.27. The monoisotopic (exact) mass is 295 g/mol. The Morgan fingerprint density at radius 3 is 2.35 bits per heavy atom. The van der Waals surface area contributed by atoms with E-state index in [2.05, 4.69) is 5.32 Å². The summed E-state index contributed by atoms with van der Waals surface area (Å²) < 4.78 is 24.4. The summed E-state index contributed by atoms with van der Waals surface area (Å²) in [6.07, 6.45) is 1.69. The topological polar surface area (TPSA) is 63.2 Å². The molecule has 0 aliphatic rings. The molecular formula is C15H21NO3S. The molecule has 1 N–H and O–H groups in total. The summed E-state index contributed by atoms with van der Waals surface area (Å²) in [5.41, 5.74) is 1.58. The number of hydrogen-bond acceptors (Lipinski definition) is 3. The van der Waals surface area contributed by atoms with E-state index in [-0.39, 0.29) is 16.6 Å². The van der Waals surface area contributed by atoms with E-state index in [1.165, 1.54) is 0 Å². The molecule has 0 aromatic heterocycles. The maximum absolute atomic E-state index is 12.2. The van der Waals surface area contributed by atoms with Crippen molar-refractivity contribution in [2.45, 2.75) is 38.6 Å². The van der Waals surface area contributed by atoms with Crippen LogP contribution in [-0.2, 0) is 14.6 Å². The van der Waals surface area contributed by atoms with Gasteiger partial charge in [0.25, 0.3) is 0 Å². The molecule has 5 heteroatoms. The molecule has 0 bridgehead atoms. The molecule has 1 aromatic carbocycles. The van der Waals surface area contributed by atoms with Crippen LogP contribution in [-0.4, -0.2) is 26.1 Å². The molecule has 0 fully saturated rings. The van der Waals surface area contributed by atoms with Crippen molar-refractivity contribution in [3.8, 4) is 0 Å². The maximum atomic E-state index is 12.2. The molecule has 1 aromatic rings. The molecule has 0 radical (unpaired) electrons. The number of aryl methyl sites for hydroxylation is 1. The van der Waals surface area contributed by atoms with Crippen LogP contribution in [0.5, 0.6) is 0 Å². The number of carbonyl (C=O) groups is 1. The van der Waals surface area contributed by atoms with E-state index in [9.17, 15) is 13.2 Å². The first-order valence-electron chi connectivity index (χ1n) is 6.49. The Morgan fingerprint density at radius 2 is 1.85 bits per heavy atom. The van der Waals surface area contributed by atoms with Crippen LogP contribution >= 0.6 is 0 Å². The highest BCUT2D eigenvalue weighted by atomic mass is 32.2. The largest absolute Gasteiger partial charge is 0.349 e. The molecule has 110 valence electrons. The number of rotatable bonds is 5. The summed E-state index contributed by atoms with van der Waals surface area (Å²) in [7, 11) is -3.39. The van der Waals surface area contributed by atoms with Gasteiger partial charge in [0, 0.05) is 11.6 Å². The Hall–Kier alpha value is -1.62. The molecule has 4 nitrogen and oxygen atoms in total. The summed E-state index contributed by atoms with van der Waals surface area (Å²) in [4.78, 5) is 12.0. The van der Waals surface area contributed by atoms with Crippen LogP contribution in [0.2, 0.25) is 0 Å². The fourth-order valence-corrected chi connectivity index (χ4v) is 3.17. The van der Waals surface area contributed by atoms with Crippen molar-refractivity contribution >= 4 is 15.7 Å². The second-order valence-electron chi connectivity index (χ2n) is 4.94. The molecule has 1 amide bonds. The first kappa shape index (κ1) is 16.4. The van der Waals surface area contributed by atoms with Crippen LogP contribution in [0.4, 0.5) is 0 Å². The second-order valence-corrected chi connectivity index (χ2v) is 6.97. The van der Waals surface area contributed by atoms with E-state index in [0.29, 0.717) is 5.57 Å². The summed E-state index contributed by atoms with van der Waals surface area (Å²) in [5, 5.41) is 2.68. The Balaban J connectivity index is 2.76. The second kappa shape index (κ2) is 6.70. The van der Waals surface area contributed by atoms with Crippen molar-refractivity contribution in [3.05, 3.63) is 41.5 Å². The van der Waals surface area contributed by atoms with E-state index >= 15 is 0 Å². The van der Waals surface area contributed by atoms with Crippen LogP contribution in [0.1, 0.15) is 26.3 Å². The number of hydrogen-bond donors (Lipinski definition) is 1. The molecule has 0 heterocycles. The Morgan fingerprint density at radius 1 is 1.30 bits per heavy atom. The van der Waals surface area contributed by atoms with Gasteiger partial charge in [0.2, 0.25) is 5.91 Å². The minimum atomic E-state index is -3.39. The number of nitrogens with one attached hydrogen (secondary N) is 1. The van der Waals surface area contributed by atoms with Gasteiger partial charge in [-0.3, -0.25) is 4.79 Å². The van der Waals surface area contributed by atoms with Crippen LogP contribution in [0.25, 0.3) is 0 Å². The van der Waals surface area contributed by atoms with Gasteiger partial charge in [-0.15, -0.1) is 0 Å². The number of sulfone groups is 1. The molecule has 0 saturated carbocycles. The zero-order chi connectivity index (χ0) is 15.3. The van der Waals surface area contributed by atoms with Gasteiger partial charge in [-0.05, 0) is 39.8 Å². The van der Waals surface area contributed by atoms with Gasteiger partial charge < -0.3 is 5.32 Å². The highest BCUT2D eigenvalue weighted by molar-refractivity contribution is 7.91. The molecule has 1 rings (SSSR count). The zero-order valence-corrected chi connectivity index (χ0v) is 13.1. The van der Waals surface area contributed by atoms with Crippen molar-refractivity contribution < 1.29 is 13.2 Å². The molecule has 0 aliphatic heterocycles. The van der Waals surface area contributed by atoms with Gasteiger partial charge in [-0.2, -0.15) is 0 Å². The molecule has 0 spiro atoms. The Bertz CT molecular complexity index is 601. The molecule has 0 aliphatic carbocycles. The van der Waals surface area contributed by atoms with Gasteiger partial charge in [0.15, 0.2) is 9.84 Å². The van der Waals surface area contributed by atoms with E-state index in [4.69, 9.17) is 0 Å². The van der Waals surface area contributed by atoms with E-state index in [0.717, 1.165) is 5.56 Å². The lowest BCUT2D eigenvalue weighted by Crippen LogP contribution is -2.37. The van der Waals surface area contributed by atoms with E-state index in [1.807, 2.05) is 6.92 Å². The van der Waals surface area contributed by atoms with Crippen molar-refractivity contribution in [2.75, 3.05) is 5.75 Å². The van der Waals surface area contributed by atoms with Gasteiger partial charge in [-0.1, -0.05) is 23.8 Å². The summed E-state index contributed by atoms with van der Waals surface area (Å²) >= 11 is 0. The van der Waals surface area contributed by atoms with Crippen molar-refractivity contribution in [2.24, 2.45) is 0 Å². The normalized spacial score (nSPS) is 13.9. The highest BCUT2D eigenvalue weighted by Gasteiger charge is 2.19. The minimum Gasteiger partial charge on any atom is -0.349 e. The summed E-state index contributed by atoms with van der Waals surface area (Å²) in [5.74, 6) is -0.349. The lowest BCUT2D eigenvalue weighted by Gasteiger charge is -2.14. The van der Waals surface area contributed by atoms with Gasteiger partial charge in [0.05, 0.1) is 10.6 Å². The molecule has 20 heavy (non-hydrogen) atoms. The van der Waals surface area contributed by atoms with Gasteiger partial charge >= 0.3 is 0 Å². The fraction of sp³-hybridized carbons (Fsp3) is 0.400. The van der Waals surface area contributed by atoms with Crippen LogP contribution in [0, 0.1) is 6.92 Å². The SMILES string of the molecule is C/C=C(\C)C(=O)N[C@H](C)CS(=O)(=O)c1ccc(C)cc1. The lowest BCUT2D eigenvalue weighted by atomic mass is 10.2. The molecule has 1 atom stereocenters. The van der Waals surface area contributed by atoms with Crippen molar-refractivity contribution in [1.29, 1.82) is 0 Å². The average Bonchev–Trinajstić information content (AvgIpc) is 2.37. The predicted octanol–water partition coefficient (Wildman–Crippen LogP) is 2.24. The third-order valence-electron chi connectivity index (χ3n) is 3.02. The van der Waals surface area contributed by atoms with E-state index in [1.54, 1.807) is 51.1 Å². The Kier molecular flexibility index (Phi) is 5.51.